The van der Waals surface area contributed by atoms with Crippen LogP contribution in [0.3, 0.4) is 0 Å². The third-order valence-corrected chi connectivity index (χ3v) is 3.53. The number of amidine groups is 1. The zero-order valence-electron chi connectivity index (χ0n) is 10.3. The number of halogens is 1. The van der Waals surface area contributed by atoms with Gasteiger partial charge < -0.3 is 10.5 Å². The molecule has 0 aliphatic carbocycles. The number of cyclic esters (lactones) is 1. The predicted molar refractivity (Wildman–Crippen MR) is 76.8 cm³/mol. The SMILES string of the molecule is Br.CC(C)CCC1CC(CSC(=N)N)OC1=O. The number of rotatable bonds is 5. The number of carbonyl (C=O) groups excluding carboxylic acids is 1. The molecule has 4 nitrogen and oxygen atoms in total. The lowest BCUT2D eigenvalue weighted by Crippen LogP contribution is -2.14. The van der Waals surface area contributed by atoms with E-state index in [9.17, 15) is 4.79 Å². The molecule has 2 atom stereocenters. The fourth-order valence-corrected chi connectivity index (χ4v) is 2.35. The monoisotopic (exact) mass is 324 g/mol. The summed E-state index contributed by atoms with van der Waals surface area (Å²) in [7, 11) is 0. The number of esters is 1. The molecule has 3 N–H and O–H groups in total. The molecule has 0 amide bonds. The molecule has 0 saturated carbocycles. The molecule has 0 aromatic heterocycles. The molecule has 0 radical (unpaired) electrons. The summed E-state index contributed by atoms with van der Waals surface area (Å²) in [5.41, 5.74) is 5.24. The van der Waals surface area contributed by atoms with Gasteiger partial charge in [0.2, 0.25) is 0 Å². The lowest BCUT2D eigenvalue weighted by molar-refractivity contribution is -0.143. The van der Waals surface area contributed by atoms with E-state index in [1.54, 1.807) is 0 Å². The molecule has 6 heteroatoms. The largest absolute Gasteiger partial charge is 0.461 e. The first-order valence-corrected chi connectivity index (χ1v) is 6.65. The number of nitrogens with two attached hydrogens (primary N) is 1. The van der Waals surface area contributed by atoms with Gasteiger partial charge in [0.25, 0.3) is 0 Å². The first kappa shape index (κ1) is 16.8. The van der Waals surface area contributed by atoms with Crippen molar-refractivity contribution in [2.75, 3.05) is 5.75 Å². The van der Waals surface area contributed by atoms with E-state index in [4.69, 9.17) is 15.9 Å². The van der Waals surface area contributed by atoms with Gasteiger partial charge in [-0.2, -0.15) is 0 Å². The van der Waals surface area contributed by atoms with Crippen LogP contribution in [-0.4, -0.2) is 23.0 Å². The molecule has 17 heavy (non-hydrogen) atoms. The Labute approximate surface area is 117 Å². The summed E-state index contributed by atoms with van der Waals surface area (Å²) in [6.07, 6.45) is 2.70. The van der Waals surface area contributed by atoms with E-state index >= 15 is 0 Å². The van der Waals surface area contributed by atoms with Gasteiger partial charge in [0.05, 0.1) is 5.92 Å². The van der Waals surface area contributed by atoms with Gasteiger partial charge in [-0.1, -0.05) is 32.0 Å². The lowest BCUT2D eigenvalue weighted by atomic mass is 9.95. The fourth-order valence-electron chi connectivity index (χ4n) is 1.78. The Hall–Kier alpha value is -0.230. The van der Waals surface area contributed by atoms with Crippen molar-refractivity contribution in [2.45, 2.75) is 39.2 Å². The van der Waals surface area contributed by atoms with Crippen LogP contribution in [0, 0.1) is 17.2 Å². The fraction of sp³-hybridized carbons (Fsp3) is 0.818. The maximum absolute atomic E-state index is 11.5. The third kappa shape index (κ3) is 6.31. The van der Waals surface area contributed by atoms with E-state index < -0.39 is 0 Å². The predicted octanol–water partition coefficient (Wildman–Crippen LogP) is 2.56. The minimum absolute atomic E-state index is 0. The topological polar surface area (TPSA) is 76.2 Å². The van der Waals surface area contributed by atoms with Crippen LogP contribution >= 0.6 is 28.7 Å². The summed E-state index contributed by atoms with van der Waals surface area (Å²) in [6.45, 7) is 4.31. The van der Waals surface area contributed by atoms with Crippen LogP contribution in [0.15, 0.2) is 0 Å². The highest BCUT2D eigenvalue weighted by atomic mass is 79.9. The Kier molecular flexibility index (Phi) is 7.87. The molecule has 100 valence electrons. The highest BCUT2D eigenvalue weighted by Crippen LogP contribution is 2.28. The number of hydrogen-bond donors (Lipinski definition) is 2. The van der Waals surface area contributed by atoms with Crippen LogP contribution in [0.4, 0.5) is 0 Å². The summed E-state index contributed by atoms with van der Waals surface area (Å²) in [5.74, 6) is 1.22. The first-order chi connectivity index (χ1) is 7.49. The van der Waals surface area contributed by atoms with E-state index in [1.807, 2.05) is 0 Å². The number of hydrogen-bond acceptors (Lipinski definition) is 4. The molecule has 1 rings (SSSR count). The molecule has 1 aliphatic heterocycles. The van der Waals surface area contributed by atoms with Crippen LogP contribution < -0.4 is 5.73 Å². The van der Waals surface area contributed by atoms with Gasteiger partial charge in [0.1, 0.15) is 6.10 Å². The normalized spacial score (nSPS) is 23.4. The van der Waals surface area contributed by atoms with E-state index in [0.29, 0.717) is 11.7 Å². The zero-order valence-corrected chi connectivity index (χ0v) is 12.8. The van der Waals surface area contributed by atoms with Crippen molar-refractivity contribution >= 4 is 39.9 Å². The highest BCUT2D eigenvalue weighted by Gasteiger charge is 2.33. The maximum atomic E-state index is 11.5. The molecule has 0 aromatic carbocycles. The molecular weight excluding hydrogens is 304 g/mol. The molecule has 0 spiro atoms. The quantitative estimate of drug-likeness (QED) is 0.463. The minimum Gasteiger partial charge on any atom is -0.461 e. The van der Waals surface area contributed by atoms with Crippen molar-refractivity contribution in [3.05, 3.63) is 0 Å². The second kappa shape index (κ2) is 7.97. The molecule has 0 bridgehead atoms. The Morgan fingerprint density at radius 2 is 2.29 bits per heavy atom. The molecule has 1 heterocycles. The standard InChI is InChI=1S/C11H20N2O2S.BrH/c1-7(2)3-4-8-5-9(15-10(8)14)6-16-11(12)13;/h7-9H,3-6H2,1-2H3,(H3,12,13);1H. The average Bonchev–Trinajstić information content (AvgIpc) is 2.53. The number of ether oxygens (including phenoxy) is 1. The van der Waals surface area contributed by atoms with Crippen molar-refractivity contribution in [1.82, 2.24) is 0 Å². The first-order valence-electron chi connectivity index (χ1n) is 5.66. The lowest BCUT2D eigenvalue weighted by Gasteiger charge is -2.07. The van der Waals surface area contributed by atoms with Gasteiger partial charge in [0, 0.05) is 5.75 Å². The van der Waals surface area contributed by atoms with Crippen molar-refractivity contribution in [1.29, 1.82) is 5.41 Å². The maximum Gasteiger partial charge on any atom is 0.309 e. The smallest absolute Gasteiger partial charge is 0.309 e. The summed E-state index contributed by atoms with van der Waals surface area (Å²) in [4.78, 5) is 11.5. The highest BCUT2D eigenvalue weighted by molar-refractivity contribution is 8.93. The van der Waals surface area contributed by atoms with Crippen LogP contribution in [-0.2, 0) is 9.53 Å². The van der Waals surface area contributed by atoms with E-state index in [2.05, 4.69) is 13.8 Å². The number of carbonyl (C=O) groups is 1. The van der Waals surface area contributed by atoms with Crippen LogP contribution in [0.1, 0.15) is 33.1 Å². The summed E-state index contributed by atoms with van der Waals surface area (Å²) < 4.78 is 5.24. The van der Waals surface area contributed by atoms with Gasteiger partial charge in [-0.15, -0.1) is 17.0 Å². The molecular formula is C11H21BrN2O2S. The number of thioether (sulfide) groups is 1. The molecule has 2 unspecified atom stereocenters. The number of nitrogens with one attached hydrogen (secondary N) is 1. The molecule has 1 fully saturated rings. The molecule has 0 aromatic rings. The molecule has 1 aliphatic rings. The molecule has 1 saturated heterocycles. The summed E-state index contributed by atoms with van der Waals surface area (Å²) >= 11 is 1.24. The van der Waals surface area contributed by atoms with E-state index in [1.165, 1.54) is 11.8 Å². The Balaban J connectivity index is 0.00000256. The Morgan fingerprint density at radius 1 is 1.65 bits per heavy atom. The second-order valence-corrected chi connectivity index (χ2v) is 5.70. The average molecular weight is 325 g/mol. The summed E-state index contributed by atoms with van der Waals surface area (Å²) in [5, 5.41) is 7.18. The van der Waals surface area contributed by atoms with E-state index in [0.717, 1.165) is 19.3 Å². The van der Waals surface area contributed by atoms with Crippen molar-refractivity contribution < 1.29 is 9.53 Å². The van der Waals surface area contributed by atoms with Gasteiger partial charge in [-0.05, 0) is 18.8 Å². The van der Waals surface area contributed by atoms with E-state index in [-0.39, 0.29) is 40.1 Å². The van der Waals surface area contributed by atoms with Crippen molar-refractivity contribution in [2.24, 2.45) is 17.6 Å². The van der Waals surface area contributed by atoms with Crippen LogP contribution in [0.5, 0.6) is 0 Å². The van der Waals surface area contributed by atoms with Crippen LogP contribution in [0.25, 0.3) is 0 Å². The van der Waals surface area contributed by atoms with Crippen molar-refractivity contribution in [3.63, 3.8) is 0 Å². The van der Waals surface area contributed by atoms with Gasteiger partial charge in [-0.3, -0.25) is 10.2 Å². The Morgan fingerprint density at radius 3 is 2.82 bits per heavy atom. The third-order valence-electron chi connectivity index (χ3n) is 2.68. The Bertz CT molecular complexity index is 274. The van der Waals surface area contributed by atoms with Gasteiger partial charge >= 0.3 is 5.97 Å². The van der Waals surface area contributed by atoms with Gasteiger partial charge in [0.15, 0.2) is 5.17 Å². The minimum atomic E-state index is -0.0743. The second-order valence-electron chi connectivity index (χ2n) is 4.64. The van der Waals surface area contributed by atoms with Gasteiger partial charge in [-0.25, -0.2) is 0 Å². The van der Waals surface area contributed by atoms with Crippen molar-refractivity contribution in [3.8, 4) is 0 Å². The zero-order chi connectivity index (χ0) is 12.1. The van der Waals surface area contributed by atoms with Crippen LogP contribution in [0.2, 0.25) is 0 Å². The summed E-state index contributed by atoms with van der Waals surface area (Å²) in [6, 6.07) is 0.